The van der Waals surface area contributed by atoms with Gasteiger partial charge in [0.1, 0.15) is 0 Å². The third kappa shape index (κ3) is 2.51. The monoisotopic (exact) mass is 386 g/mol. The van der Waals surface area contributed by atoms with Gasteiger partial charge in [0.15, 0.2) is 10.7 Å². The average Bonchev–Trinajstić information content (AvgIpc) is 3.08. The summed E-state index contributed by atoms with van der Waals surface area (Å²) in [6, 6.07) is 6.76. The summed E-state index contributed by atoms with van der Waals surface area (Å²) in [5, 5.41) is 4.16. The Balaban J connectivity index is 1.87. The van der Waals surface area contributed by atoms with Crippen molar-refractivity contribution in [1.82, 2.24) is 10.2 Å². The number of benzene rings is 1. The Morgan fingerprint density at radius 2 is 2.04 bits per heavy atom. The van der Waals surface area contributed by atoms with E-state index < -0.39 is 5.54 Å². The predicted octanol–water partition coefficient (Wildman–Crippen LogP) is 3.70. The van der Waals surface area contributed by atoms with Crippen LogP contribution in [0.25, 0.3) is 0 Å². The summed E-state index contributed by atoms with van der Waals surface area (Å²) in [6.07, 6.45) is 6.16. The molecule has 2 spiro atoms. The van der Waals surface area contributed by atoms with E-state index in [4.69, 9.17) is 17.0 Å². The number of nitrogens with one attached hydrogen (secondary N) is 1. The van der Waals surface area contributed by atoms with Crippen LogP contribution in [0.1, 0.15) is 63.1 Å². The molecule has 1 atom stereocenters. The van der Waals surface area contributed by atoms with E-state index in [0.717, 1.165) is 44.1 Å². The number of nitrogens with zero attached hydrogens (tertiary/aromatic N) is 1. The average molecular weight is 387 g/mol. The Morgan fingerprint density at radius 3 is 2.59 bits per heavy atom. The lowest BCUT2D eigenvalue weighted by Crippen LogP contribution is -2.57. The van der Waals surface area contributed by atoms with E-state index in [9.17, 15) is 4.79 Å². The van der Waals surface area contributed by atoms with Gasteiger partial charge in [0.25, 0.3) is 5.91 Å². The number of amides is 1. The molecule has 1 saturated heterocycles. The maximum atomic E-state index is 13.9. The third-order valence-electron chi connectivity index (χ3n) is 7.10. The molecule has 0 radical (unpaired) electrons. The van der Waals surface area contributed by atoms with Crippen LogP contribution in [-0.4, -0.2) is 35.2 Å². The van der Waals surface area contributed by atoms with Crippen LogP contribution in [-0.2, 0) is 27.9 Å². The lowest BCUT2D eigenvalue weighted by atomic mass is 9.61. The molecule has 5 heteroatoms. The van der Waals surface area contributed by atoms with Crippen molar-refractivity contribution in [2.45, 2.75) is 77.0 Å². The zero-order valence-electron chi connectivity index (χ0n) is 16.8. The fourth-order valence-corrected chi connectivity index (χ4v) is 6.07. The summed E-state index contributed by atoms with van der Waals surface area (Å²) in [7, 11) is 1.80. The highest BCUT2D eigenvalue weighted by Crippen LogP contribution is 2.60. The van der Waals surface area contributed by atoms with Gasteiger partial charge in [0.05, 0.1) is 6.10 Å². The van der Waals surface area contributed by atoms with E-state index in [1.807, 2.05) is 13.8 Å². The topological polar surface area (TPSA) is 41.6 Å². The van der Waals surface area contributed by atoms with Gasteiger partial charge in [-0.05, 0) is 81.3 Å². The molecule has 3 aliphatic rings. The Kier molecular flexibility index (Phi) is 4.59. The third-order valence-corrected chi connectivity index (χ3v) is 7.40. The second-order valence-corrected chi connectivity index (χ2v) is 9.07. The molecule has 1 amide bonds. The van der Waals surface area contributed by atoms with Crippen molar-refractivity contribution in [3.63, 3.8) is 0 Å². The van der Waals surface area contributed by atoms with E-state index >= 15 is 0 Å². The second-order valence-electron chi connectivity index (χ2n) is 8.69. The summed E-state index contributed by atoms with van der Waals surface area (Å²) >= 11 is 5.66. The number of ether oxygens (including phenoxy) is 1. The van der Waals surface area contributed by atoms with Crippen LogP contribution in [0.15, 0.2) is 18.2 Å². The van der Waals surface area contributed by atoms with Gasteiger partial charge in [-0.25, -0.2) is 0 Å². The molecule has 1 aromatic rings. The largest absolute Gasteiger partial charge is 0.381 e. The first-order chi connectivity index (χ1) is 12.9. The van der Waals surface area contributed by atoms with E-state index in [1.165, 1.54) is 11.1 Å². The van der Waals surface area contributed by atoms with Crippen molar-refractivity contribution < 1.29 is 9.53 Å². The van der Waals surface area contributed by atoms with Crippen LogP contribution in [0.2, 0.25) is 0 Å². The highest BCUT2D eigenvalue weighted by molar-refractivity contribution is 7.80. The number of methoxy groups -OCH3 is 1. The van der Waals surface area contributed by atoms with Gasteiger partial charge in [0.2, 0.25) is 0 Å². The van der Waals surface area contributed by atoms with E-state index in [1.54, 1.807) is 12.0 Å². The van der Waals surface area contributed by atoms with Crippen LogP contribution in [0, 0.1) is 5.41 Å². The zero-order chi connectivity index (χ0) is 19.4. The summed E-state index contributed by atoms with van der Waals surface area (Å²) < 4.78 is 5.62. The molecule has 1 aromatic carbocycles. The molecule has 1 unspecified atom stereocenters. The number of thiocarbonyl (C=S) groups is 1. The molecule has 0 aromatic heterocycles. The molecule has 1 aliphatic heterocycles. The molecule has 1 heterocycles. The zero-order valence-corrected chi connectivity index (χ0v) is 17.6. The Morgan fingerprint density at radius 1 is 1.33 bits per heavy atom. The van der Waals surface area contributed by atoms with Crippen LogP contribution in [0.4, 0.5) is 0 Å². The lowest BCUT2D eigenvalue weighted by molar-refractivity contribution is -0.139. The van der Waals surface area contributed by atoms with Gasteiger partial charge in [-0.2, -0.15) is 0 Å². The van der Waals surface area contributed by atoms with Gasteiger partial charge in [-0.3, -0.25) is 9.69 Å². The SMILES string of the molecule is CCc1ccc2c(c1)C1(NC(=S)N(C(C)C)C1=O)C1(CCC(OC)CC1)C2. The van der Waals surface area contributed by atoms with E-state index in [0.29, 0.717) is 11.2 Å². The minimum Gasteiger partial charge on any atom is -0.381 e. The fourth-order valence-electron chi connectivity index (χ4n) is 5.62. The quantitative estimate of drug-likeness (QED) is 0.805. The van der Waals surface area contributed by atoms with Crippen LogP contribution in [0.5, 0.6) is 0 Å². The van der Waals surface area contributed by atoms with Gasteiger partial charge < -0.3 is 10.1 Å². The Labute approximate surface area is 167 Å². The Bertz CT molecular complexity index is 783. The van der Waals surface area contributed by atoms with Gasteiger partial charge in [0, 0.05) is 18.6 Å². The maximum Gasteiger partial charge on any atom is 0.259 e. The highest BCUT2D eigenvalue weighted by atomic mass is 32.1. The molecule has 1 N–H and O–H groups in total. The summed E-state index contributed by atoms with van der Waals surface area (Å²) in [4.78, 5) is 15.7. The van der Waals surface area contributed by atoms with Gasteiger partial charge in [-0.1, -0.05) is 25.1 Å². The number of rotatable bonds is 3. The predicted molar refractivity (Wildman–Crippen MR) is 111 cm³/mol. The van der Waals surface area contributed by atoms with Gasteiger partial charge >= 0.3 is 0 Å². The standard InChI is InChI=1S/C22H30N2O2S/c1-5-15-6-7-16-13-21(10-8-17(26-4)9-11-21)22(18(16)12-15)19(25)24(14(2)3)20(27)23-22/h6-7,12,14,17H,5,8-11,13H2,1-4H3,(H,23,27). The second kappa shape index (κ2) is 6.56. The van der Waals surface area contributed by atoms with Crippen molar-refractivity contribution in [2.24, 2.45) is 5.41 Å². The maximum absolute atomic E-state index is 13.9. The molecule has 2 fully saturated rings. The number of fused-ring (bicyclic) bond motifs is 3. The van der Waals surface area contributed by atoms with Crippen molar-refractivity contribution in [2.75, 3.05) is 7.11 Å². The first-order valence-electron chi connectivity index (χ1n) is 10.2. The van der Waals surface area contributed by atoms with Crippen LogP contribution in [0.3, 0.4) is 0 Å². The number of carbonyl (C=O) groups is 1. The smallest absolute Gasteiger partial charge is 0.259 e. The van der Waals surface area contributed by atoms with Crippen LogP contribution < -0.4 is 5.32 Å². The molecule has 146 valence electrons. The Hall–Kier alpha value is -1.46. The molecular formula is C22H30N2O2S. The van der Waals surface area contributed by atoms with Crippen LogP contribution >= 0.6 is 12.2 Å². The molecule has 27 heavy (non-hydrogen) atoms. The number of hydrogen-bond donors (Lipinski definition) is 1. The molecule has 0 bridgehead atoms. The molecule has 4 nitrogen and oxygen atoms in total. The van der Waals surface area contributed by atoms with E-state index in [2.05, 4.69) is 30.4 Å². The lowest BCUT2D eigenvalue weighted by Gasteiger charge is -2.46. The minimum absolute atomic E-state index is 0.0580. The van der Waals surface area contributed by atoms with Crippen molar-refractivity contribution in [3.05, 3.63) is 34.9 Å². The fraction of sp³-hybridized carbons (Fsp3) is 0.636. The first-order valence-corrected chi connectivity index (χ1v) is 10.6. The number of hydrogen-bond acceptors (Lipinski definition) is 3. The van der Waals surface area contributed by atoms with Crippen molar-refractivity contribution in [3.8, 4) is 0 Å². The molecule has 2 aliphatic carbocycles. The summed E-state index contributed by atoms with van der Waals surface area (Å²) in [6.45, 7) is 6.24. The van der Waals surface area contributed by atoms with Crippen molar-refractivity contribution >= 4 is 23.2 Å². The summed E-state index contributed by atoms with van der Waals surface area (Å²) in [5.74, 6) is 0.144. The number of carbonyl (C=O) groups excluding carboxylic acids is 1. The molecular weight excluding hydrogens is 356 g/mol. The minimum atomic E-state index is -0.715. The number of aryl methyl sites for hydroxylation is 1. The molecule has 4 rings (SSSR count). The van der Waals surface area contributed by atoms with E-state index in [-0.39, 0.29) is 17.4 Å². The van der Waals surface area contributed by atoms with Crippen molar-refractivity contribution in [1.29, 1.82) is 0 Å². The normalized spacial score (nSPS) is 32.6. The molecule has 1 saturated carbocycles. The highest BCUT2D eigenvalue weighted by Gasteiger charge is 2.67. The van der Waals surface area contributed by atoms with Gasteiger partial charge in [-0.15, -0.1) is 0 Å². The summed E-state index contributed by atoms with van der Waals surface area (Å²) in [5.41, 5.74) is 2.90. The first kappa shape index (κ1) is 18.9.